The molecule has 4 rings (SSSR count). The van der Waals surface area contributed by atoms with Gasteiger partial charge in [-0.15, -0.1) is 0 Å². The summed E-state index contributed by atoms with van der Waals surface area (Å²) in [4.78, 5) is 25.1. The zero-order valence-corrected chi connectivity index (χ0v) is 19.3. The van der Waals surface area contributed by atoms with Crippen LogP contribution in [0.4, 0.5) is 13.2 Å². The summed E-state index contributed by atoms with van der Waals surface area (Å²) in [7, 11) is 0. The third kappa shape index (κ3) is 5.62. The Morgan fingerprint density at radius 3 is 2.34 bits per heavy atom. The van der Waals surface area contributed by atoms with Gasteiger partial charge in [-0.2, -0.15) is 18.3 Å². The van der Waals surface area contributed by atoms with Gasteiger partial charge in [0.15, 0.2) is 0 Å². The molecular formula is C26H25F3N4O2. The summed E-state index contributed by atoms with van der Waals surface area (Å²) in [5.74, 6) is 0.112. The highest BCUT2D eigenvalue weighted by Crippen LogP contribution is 2.29. The van der Waals surface area contributed by atoms with E-state index < -0.39 is 11.7 Å². The normalized spacial score (nSPS) is 11.8. The van der Waals surface area contributed by atoms with Gasteiger partial charge in [-0.3, -0.25) is 9.59 Å². The number of hydrogen-bond acceptors (Lipinski definition) is 3. The van der Waals surface area contributed by atoms with Crippen molar-refractivity contribution in [1.29, 1.82) is 0 Å². The summed E-state index contributed by atoms with van der Waals surface area (Å²) in [6.45, 7) is 4.51. The Balaban J connectivity index is 1.39. The van der Waals surface area contributed by atoms with E-state index in [9.17, 15) is 22.8 Å². The van der Waals surface area contributed by atoms with Crippen LogP contribution in [0, 0.1) is 0 Å². The van der Waals surface area contributed by atoms with Crippen molar-refractivity contribution in [2.24, 2.45) is 0 Å². The molecule has 0 radical (unpaired) electrons. The number of nitrogens with zero attached hydrogens (tertiary/aromatic N) is 3. The molecule has 4 aromatic rings. The minimum atomic E-state index is -4.40. The monoisotopic (exact) mass is 482 g/mol. The lowest BCUT2D eigenvalue weighted by atomic mass is 10.0. The molecule has 6 nitrogen and oxygen atoms in total. The van der Waals surface area contributed by atoms with E-state index in [2.05, 4.69) is 24.3 Å². The summed E-state index contributed by atoms with van der Waals surface area (Å²) in [5.41, 5.74) is 2.77. The highest BCUT2D eigenvalue weighted by Gasteiger charge is 2.29. The zero-order valence-electron chi connectivity index (χ0n) is 19.3. The molecule has 0 fully saturated rings. The maximum Gasteiger partial charge on any atom is 0.416 e. The van der Waals surface area contributed by atoms with Crippen molar-refractivity contribution in [3.05, 3.63) is 94.0 Å². The Bertz CT molecular complexity index is 1390. The van der Waals surface area contributed by atoms with Crippen molar-refractivity contribution in [2.45, 2.75) is 45.5 Å². The van der Waals surface area contributed by atoms with Crippen LogP contribution < -0.4 is 10.9 Å². The maximum atomic E-state index is 12.9. The molecule has 0 atom stereocenters. The third-order valence-electron chi connectivity index (χ3n) is 5.83. The zero-order chi connectivity index (χ0) is 25.2. The number of benzene rings is 2. The van der Waals surface area contributed by atoms with Crippen molar-refractivity contribution < 1.29 is 18.0 Å². The van der Waals surface area contributed by atoms with Gasteiger partial charge >= 0.3 is 6.18 Å². The number of aromatic nitrogens is 3. The SMILES string of the molecule is CC(C)c1ccc(-c2cc3c(=O)n(CCC(=O)NCc4ccc(C(F)(F)F)cc4)ccn3n2)cc1. The van der Waals surface area contributed by atoms with Crippen molar-refractivity contribution in [3.8, 4) is 11.3 Å². The van der Waals surface area contributed by atoms with Crippen molar-refractivity contribution in [1.82, 2.24) is 19.5 Å². The first-order valence-corrected chi connectivity index (χ1v) is 11.2. The summed E-state index contributed by atoms with van der Waals surface area (Å²) in [6, 6.07) is 14.4. The average Bonchev–Trinajstić information content (AvgIpc) is 3.27. The van der Waals surface area contributed by atoms with E-state index in [1.165, 1.54) is 26.8 Å². The van der Waals surface area contributed by atoms with Crippen molar-refractivity contribution in [3.63, 3.8) is 0 Å². The predicted octanol–water partition coefficient (Wildman–Crippen LogP) is 5.01. The number of fused-ring (bicyclic) bond motifs is 1. The van der Waals surface area contributed by atoms with E-state index in [1.807, 2.05) is 24.3 Å². The van der Waals surface area contributed by atoms with Crippen LogP contribution in [0.25, 0.3) is 16.8 Å². The molecule has 0 aliphatic heterocycles. The Labute approximate surface area is 200 Å². The van der Waals surface area contributed by atoms with Crippen LogP contribution in [-0.2, 0) is 24.1 Å². The number of amides is 1. The summed E-state index contributed by atoms with van der Waals surface area (Å²) in [5, 5.41) is 7.16. The van der Waals surface area contributed by atoms with Crippen LogP contribution in [0.5, 0.6) is 0 Å². The average molecular weight is 483 g/mol. The number of halogens is 3. The van der Waals surface area contributed by atoms with Crippen LogP contribution in [0.3, 0.4) is 0 Å². The van der Waals surface area contributed by atoms with E-state index in [1.54, 1.807) is 18.5 Å². The Morgan fingerprint density at radius 2 is 1.71 bits per heavy atom. The second-order valence-corrected chi connectivity index (χ2v) is 8.65. The summed E-state index contributed by atoms with van der Waals surface area (Å²) >= 11 is 0. The number of carbonyl (C=O) groups excluding carboxylic acids is 1. The van der Waals surface area contributed by atoms with Gasteiger partial charge in [-0.25, -0.2) is 4.52 Å². The number of hydrogen-bond donors (Lipinski definition) is 1. The summed E-state index contributed by atoms with van der Waals surface area (Å²) < 4.78 is 40.9. The third-order valence-corrected chi connectivity index (χ3v) is 5.83. The lowest BCUT2D eigenvalue weighted by Crippen LogP contribution is -2.27. The van der Waals surface area contributed by atoms with Crippen LogP contribution >= 0.6 is 0 Å². The molecule has 2 heterocycles. The van der Waals surface area contributed by atoms with Gasteiger partial charge in [-0.05, 0) is 35.2 Å². The fourth-order valence-corrected chi connectivity index (χ4v) is 3.70. The lowest BCUT2D eigenvalue weighted by Gasteiger charge is -2.09. The van der Waals surface area contributed by atoms with Gasteiger partial charge in [0.25, 0.3) is 5.56 Å². The second-order valence-electron chi connectivity index (χ2n) is 8.65. The summed E-state index contributed by atoms with van der Waals surface area (Å²) in [6.07, 6.45) is -1.10. The van der Waals surface area contributed by atoms with Gasteiger partial charge in [0.2, 0.25) is 5.91 Å². The van der Waals surface area contributed by atoms with Crippen molar-refractivity contribution >= 4 is 11.4 Å². The number of aryl methyl sites for hydroxylation is 1. The molecule has 0 aliphatic rings. The first-order chi connectivity index (χ1) is 16.6. The fourth-order valence-electron chi connectivity index (χ4n) is 3.70. The quantitative estimate of drug-likeness (QED) is 0.403. The molecular weight excluding hydrogens is 457 g/mol. The second kappa shape index (κ2) is 9.77. The van der Waals surface area contributed by atoms with Gasteiger partial charge in [-0.1, -0.05) is 50.2 Å². The van der Waals surface area contributed by atoms with Crippen LogP contribution in [0.2, 0.25) is 0 Å². The highest BCUT2D eigenvalue weighted by molar-refractivity contribution is 5.75. The number of alkyl halides is 3. The molecule has 0 saturated heterocycles. The Hall–Kier alpha value is -3.88. The highest BCUT2D eigenvalue weighted by atomic mass is 19.4. The fraction of sp³-hybridized carbons (Fsp3) is 0.269. The largest absolute Gasteiger partial charge is 0.416 e. The van der Waals surface area contributed by atoms with Crippen molar-refractivity contribution in [2.75, 3.05) is 0 Å². The van der Waals surface area contributed by atoms with Gasteiger partial charge < -0.3 is 9.88 Å². The first kappa shape index (κ1) is 24.3. The molecule has 0 unspecified atom stereocenters. The van der Waals surface area contributed by atoms with Crippen LogP contribution in [0.15, 0.2) is 71.8 Å². The molecule has 182 valence electrons. The lowest BCUT2D eigenvalue weighted by molar-refractivity contribution is -0.137. The smallest absolute Gasteiger partial charge is 0.352 e. The van der Waals surface area contributed by atoms with Crippen LogP contribution in [0.1, 0.15) is 42.9 Å². The Morgan fingerprint density at radius 1 is 1.03 bits per heavy atom. The molecule has 0 bridgehead atoms. The van der Waals surface area contributed by atoms with Gasteiger partial charge in [0.05, 0.1) is 11.3 Å². The van der Waals surface area contributed by atoms with Gasteiger partial charge in [0.1, 0.15) is 5.52 Å². The Kier molecular flexibility index (Phi) is 6.77. The molecule has 9 heteroatoms. The van der Waals surface area contributed by atoms with Crippen LogP contribution in [-0.4, -0.2) is 20.1 Å². The minimum absolute atomic E-state index is 0.0500. The van der Waals surface area contributed by atoms with Gasteiger partial charge in [0, 0.05) is 37.5 Å². The first-order valence-electron chi connectivity index (χ1n) is 11.2. The topological polar surface area (TPSA) is 68.4 Å². The van der Waals surface area contributed by atoms with E-state index in [-0.39, 0.29) is 31.0 Å². The predicted molar refractivity (Wildman–Crippen MR) is 127 cm³/mol. The number of nitrogens with one attached hydrogen (secondary N) is 1. The molecule has 1 amide bonds. The molecule has 0 aliphatic carbocycles. The van der Waals surface area contributed by atoms with E-state index >= 15 is 0 Å². The standard InChI is InChI=1S/C26H25F3N4O2/c1-17(2)19-5-7-20(8-6-19)22-15-23-25(35)32(13-14-33(23)31-22)12-11-24(34)30-16-18-3-9-21(10-4-18)26(27,28)29/h3-10,13-15,17H,11-12,16H2,1-2H3,(H,30,34). The molecule has 1 N–H and O–H groups in total. The minimum Gasteiger partial charge on any atom is -0.352 e. The van der Waals surface area contributed by atoms with E-state index in [0.29, 0.717) is 22.7 Å². The molecule has 35 heavy (non-hydrogen) atoms. The number of rotatable bonds is 7. The molecule has 0 spiro atoms. The van der Waals surface area contributed by atoms with E-state index in [4.69, 9.17) is 0 Å². The number of carbonyl (C=O) groups is 1. The molecule has 2 aromatic carbocycles. The molecule has 2 aromatic heterocycles. The van der Waals surface area contributed by atoms with E-state index in [0.717, 1.165) is 17.7 Å². The molecule has 0 saturated carbocycles. The maximum absolute atomic E-state index is 12.9.